The first kappa shape index (κ1) is 25.5. The third-order valence-corrected chi connectivity index (χ3v) is 8.38. The number of amides is 2. The number of nitrogens with zero attached hydrogens (tertiary/aromatic N) is 3. The van der Waals surface area contributed by atoms with Gasteiger partial charge in [-0.15, -0.1) is 0 Å². The molecule has 0 bridgehead atoms. The Labute approximate surface area is 223 Å². The predicted octanol–water partition coefficient (Wildman–Crippen LogP) is 5.37. The molecule has 39 heavy (non-hydrogen) atoms. The first-order valence-corrected chi connectivity index (χ1v) is 12.9. The number of halogens is 3. The number of ether oxygens (including phenoxy) is 1. The summed E-state index contributed by atoms with van der Waals surface area (Å²) in [6.45, 7) is 6.90. The van der Waals surface area contributed by atoms with Gasteiger partial charge in [0.15, 0.2) is 0 Å². The highest BCUT2D eigenvalue weighted by Gasteiger charge is 2.60. The number of carbonyl (C=O) groups is 2. The van der Waals surface area contributed by atoms with Gasteiger partial charge < -0.3 is 10.1 Å². The lowest BCUT2D eigenvalue weighted by Crippen LogP contribution is -2.57. The normalized spacial score (nSPS) is 23.5. The Kier molecular flexibility index (Phi) is 5.98. The number of hydrogen-bond acceptors (Lipinski definition) is 5. The van der Waals surface area contributed by atoms with Gasteiger partial charge in [-0.25, -0.2) is 4.98 Å². The molecule has 7 nitrogen and oxygen atoms in total. The smallest absolute Gasteiger partial charge is 0.381 e. The van der Waals surface area contributed by atoms with Gasteiger partial charge in [-0.1, -0.05) is 6.07 Å². The van der Waals surface area contributed by atoms with E-state index in [4.69, 9.17) is 9.72 Å². The Morgan fingerprint density at radius 1 is 1.10 bits per heavy atom. The van der Waals surface area contributed by atoms with Crippen molar-refractivity contribution >= 4 is 23.3 Å². The number of pyridine rings is 2. The highest BCUT2D eigenvalue weighted by molar-refractivity contribution is 6.05. The number of carbonyl (C=O) groups excluding carboxylic acids is 2. The summed E-state index contributed by atoms with van der Waals surface area (Å²) in [6.07, 6.45) is -1.94. The third kappa shape index (κ3) is 4.00. The first-order valence-electron chi connectivity index (χ1n) is 12.9. The van der Waals surface area contributed by atoms with Gasteiger partial charge >= 0.3 is 6.18 Å². The molecule has 2 amide bonds. The van der Waals surface area contributed by atoms with E-state index in [1.807, 2.05) is 19.9 Å². The highest BCUT2D eigenvalue weighted by atomic mass is 19.4. The number of nitrogens with one attached hydrogen (secondary N) is 1. The fourth-order valence-electron chi connectivity index (χ4n) is 6.43. The largest absolute Gasteiger partial charge is 0.433 e. The van der Waals surface area contributed by atoms with Crippen molar-refractivity contribution in [2.24, 2.45) is 17.8 Å². The van der Waals surface area contributed by atoms with Crippen molar-refractivity contribution in [2.75, 3.05) is 30.0 Å². The van der Waals surface area contributed by atoms with Crippen molar-refractivity contribution in [3.63, 3.8) is 0 Å². The number of alkyl halides is 3. The summed E-state index contributed by atoms with van der Waals surface area (Å²) >= 11 is 0. The molecule has 0 unspecified atom stereocenters. The van der Waals surface area contributed by atoms with Crippen LogP contribution < -0.4 is 10.2 Å². The fourth-order valence-corrected chi connectivity index (χ4v) is 6.43. The quantitative estimate of drug-likeness (QED) is 0.485. The minimum atomic E-state index is -4.65. The topological polar surface area (TPSA) is 84.4 Å². The molecule has 2 aromatic heterocycles. The van der Waals surface area contributed by atoms with E-state index >= 15 is 0 Å². The summed E-state index contributed by atoms with van der Waals surface area (Å²) in [4.78, 5) is 36.1. The standard InChI is InChI=1S/C29H27F3N4O3/c1-4-36-26-20(23-21-12-39-13-22(21)24(23)28(36)38)9-16(11-34-26)19-10-17(6-5-14(19)2)35-27(37)18-7-8-33-25(15(18)3)29(30,31)32/h5-11,21-24H,4,12-13H2,1-3H3,(H,35,37)/t21-,22+,23+,24-/m1/s1. The van der Waals surface area contributed by atoms with E-state index < -0.39 is 17.8 Å². The zero-order valence-corrected chi connectivity index (χ0v) is 21.7. The number of aromatic nitrogens is 2. The van der Waals surface area contributed by atoms with Crippen LogP contribution in [0.1, 0.15) is 45.6 Å². The Bertz CT molecular complexity index is 1510. The first-order chi connectivity index (χ1) is 18.6. The van der Waals surface area contributed by atoms with E-state index in [9.17, 15) is 22.8 Å². The SMILES string of the molecule is CCN1C(=O)[C@@H]2[C@H]3COC[C@H]3[C@@H]2c2cc(-c3cc(NC(=O)c4ccnc(C(F)(F)F)c4C)ccc3C)cnc21. The molecule has 1 saturated carbocycles. The molecule has 0 radical (unpaired) electrons. The molecule has 4 atom stereocenters. The lowest BCUT2D eigenvalue weighted by Gasteiger charge is -2.52. The molecule has 10 heteroatoms. The molecular formula is C29H27F3N4O3. The van der Waals surface area contributed by atoms with Crippen LogP contribution in [0.15, 0.2) is 42.7 Å². The van der Waals surface area contributed by atoms with Crippen molar-refractivity contribution < 1.29 is 27.5 Å². The molecular weight excluding hydrogens is 509 g/mol. The van der Waals surface area contributed by atoms with Crippen LogP contribution in [0, 0.1) is 31.6 Å². The van der Waals surface area contributed by atoms with Gasteiger partial charge in [0, 0.05) is 53.2 Å². The average Bonchev–Trinajstić information content (AvgIpc) is 3.28. The van der Waals surface area contributed by atoms with Crippen LogP contribution in [-0.4, -0.2) is 41.5 Å². The maximum Gasteiger partial charge on any atom is 0.433 e. The van der Waals surface area contributed by atoms with E-state index in [1.165, 1.54) is 13.0 Å². The fraction of sp³-hybridized carbons (Fsp3) is 0.379. The summed E-state index contributed by atoms with van der Waals surface area (Å²) in [5.41, 5.74) is 2.70. The van der Waals surface area contributed by atoms with Crippen LogP contribution >= 0.6 is 0 Å². The van der Waals surface area contributed by atoms with Gasteiger partial charge in [-0.2, -0.15) is 13.2 Å². The van der Waals surface area contributed by atoms with Gasteiger partial charge in [0.2, 0.25) is 5.91 Å². The van der Waals surface area contributed by atoms with Gasteiger partial charge in [0.05, 0.1) is 19.1 Å². The molecule has 202 valence electrons. The van der Waals surface area contributed by atoms with Crippen molar-refractivity contribution in [3.8, 4) is 11.1 Å². The Hall–Kier alpha value is -3.79. The van der Waals surface area contributed by atoms with E-state index in [2.05, 4.69) is 16.4 Å². The van der Waals surface area contributed by atoms with Crippen molar-refractivity contribution in [1.82, 2.24) is 9.97 Å². The second kappa shape index (κ2) is 9.15. The van der Waals surface area contributed by atoms with E-state index in [-0.39, 0.29) is 34.8 Å². The number of benzene rings is 1. The van der Waals surface area contributed by atoms with Crippen LogP contribution in [0.2, 0.25) is 0 Å². The Morgan fingerprint density at radius 2 is 1.85 bits per heavy atom. The Balaban J connectivity index is 1.33. The van der Waals surface area contributed by atoms with Crippen LogP contribution in [0.3, 0.4) is 0 Å². The molecule has 2 aliphatic heterocycles. The van der Waals surface area contributed by atoms with Gasteiger partial charge in [-0.3, -0.25) is 19.5 Å². The second-order valence-electron chi connectivity index (χ2n) is 10.4. The van der Waals surface area contributed by atoms with Crippen LogP contribution in [0.4, 0.5) is 24.7 Å². The molecule has 3 aliphatic rings. The van der Waals surface area contributed by atoms with Gasteiger partial charge in [-0.05, 0) is 67.6 Å². The van der Waals surface area contributed by atoms with E-state index in [1.54, 1.807) is 23.2 Å². The molecule has 1 aliphatic carbocycles. The molecule has 1 N–H and O–H groups in total. The van der Waals surface area contributed by atoms with E-state index in [0.717, 1.165) is 28.5 Å². The second-order valence-corrected chi connectivity index (χ2v) is 10.4. The Morgan fingerprint density at radius 3 is 2.56 bits per heavy atom. The van der Waals surface area contributed by atoms with E-state index in [0.29, 0.717) is 37.2 Å². The monoisotopic (exact) mass is 536 g/mol. The summed E-state index contributed by atoms with van der Waals surface area (Å²) in [5, 5.41) is 2.73. The minimum absolute atomic E-state index is 0.0657. The summed E-state index contributed by atoms with van der Waals surface area (Å²) in [7, 11) is 0. The predicted molar refractivity (Wildman–Crippen MR) is 138 cm³/mol. The summed E-state index contributed by atoms with van der Waals surface area (Å²) in [6, 6.07) is 8.71. The van der Waals surface area contributed by atoms with Crippen LogP contribution in [0.5, 0.6) is 0 Å². The summed E-state index contributed by atoms with van der Waals surface area (Å²) in [5.74, 6) is 0.653. The van der Waals surface area contributed by atoms with Crippen molar-refractivity contribution in [2.45, 2.75) is 32.9 Å². The van der Waals surface area contributed by atoms with Gasteiger partial charge in [0.1, 0.15) is 11.5 Å². The molecule has 1 aromatic carbocycles. The third-order valence-electron chi connectivity index (χ3n) is 8.38. The zero-order valence-electron chi connectivity index (χ0n) is 21.7. The molecule has 3 aromatic rings. The maximum absolute atomic E-state index is 13.3. The number of rotatable bonds is 4. The number of fused-ring (bicyclic) bond motifs is 6. The molecule has 2 fully saturated rings. The summed E-state index contributed by atoms with van der Waals surface area (Å²) < 4.78 is 45.6. The number of anilines is 2. The minimum Gasteiger partial charge on any atom is -0.381 e. The number of aryl methyl sites for hydroxylation is 1. The molecule has 6 rings (SSSR count). The molecule has 0 spiro atoms. The lowest BCUT2D eigenvalue weighted by atomic mass is 9.54. The highest BCUT2D eigenvalue weighted by Crippen LogP contribution is 2.60. The number of hydrogen-bond donors (Lipinski definition) is 1. The van der Waals surface area contributed by atoms with Crippen molar-refractivity contribution in [3.05, 3.63) is 70.7 Å². The van der Waals surface area contributed by atoms with Crippen molar-refractivity contribution in [1.29, 1.82) is 0 Å². The average molecular weight is 537 g/mol. The van der Waals surface area contributed by atoms with Gasteiger partial charge in [0.25, 0.3) is 5.91 Å². The molecule has 4 heterocycles. The zero-order chi connectivity index (χ0) is 27.6. The van der Waals surface area contributed by atoms with Crippen LogP contribution in [0.25, 0.3) is 11.1 Å². The maximum atomic E-state index is 13.3. The lowest BCUT2D eigenvalue weighted by molar-refractivity contribution is -0.141. The van der Waals surface area contributed by atoms with Crippen LogP contribution in [-0.2, 0) is 15.7 Å². The molecule has 1 saturated heterocycles.